The van der Waals surface area contributed by atoms with Crippen molar-refractivity contribution in [3.63, 3.8) is 0 Å². The van der Waals surface area contributed by atoms with Gasteiger partial charge < -0.3 is 9.67 Å². The molecular formula is C41H61FN4O2. The van der Waals surface area contributed by atoms with Crippen LogP contribution in [0, 0.1) is 18.2 Å². The summed E-state index contributed by atoms with van der Waals surface area (Å²) in [6.45, 7) is 25.0. The second-order valence-electron chi connectivity index (χ2n) is 14.6. The first kappa shape index (κ1) is 39.3. The van der Waals surface area contributed by atoms with Crippen LogP contribution >= 0.6 is 0 Å². The largest absolute Gasteiger partial charge is 0.397 e. The van der Waals surface area contributed by atoms with Crippen molar-refractivity contribution >= 4 is 11.9 Å². The number of Topliss-reactive ketones (excluding diaryl/α,β-unsaturated/α-hetero) is 1. The Bertz CT molecular complexity index is 1470. The van der Waals surface area contributed by atoms with Crippen molar-refractivity contribution in [1.82, 2.24) is 19.4 Å². The molecule has 3 heterocycles. The number of ketones is 1. The third kappa shape index (κ3) is 9.73. The Morgan fingerprint density at radius 3 is 2.21 bits per heavy atom. The first-order valence-corrected chi connectivity index (χ1v) is 17.9. The van der Waals surface area contributed by atoms with Gasteiger partial charge >= 0.3 is 0 Å². The molecule has 0 amide bonds. The van der Waals surface area contributed by atoms with Gasteiger partial charge in [-0.25, -0.2) is 9.37 Å². The quantitative estimate of drug-likeness (QED) is 0.248. The van der Waals surface area contributed by atoms with Crippen molar-refractivity contribution < 1.29 is 14.3 Å². The van der Waals surface area contributed by atoms with E-state index in [-0.39, 0.29) is 24.8 Å². The summed E-state index contributed by atoms with van der Waals surface area (Å²) in [7, 11) is 1.85. The molecule has 0 bridgehead atoms. The van der Waals surface area contributed by atoms with Crippen LogP contribution in [0.15, 0.2) is 49.3 Å². The highest BCUT2D eigenvalue weighted by Crippen LogP contribution is 2.39. The molecule has 1 atom stereocenters. The number of aryl methyl sites for hydroxylation is 2. The molecule has 2 aliphatic heterocycles. The van der Waals surface area contributed by atoms with Crippen LogP contribution in [-0.4, -0.2) is 62.5 Å². The highest BCUT2D eigenvalue weighted by molar-refractivity contribution is 5.82. The number of likely N-dealkylation sites (tertiary alicyclic amines) is 1. The molecule has 0 aliphatic carbocycles. The number of likely N-dealkylation sites (N-methyl/N-ethyl adjacent to an activating group) is 1. The summed E-state index contributed by atoms with van der Waals surface area (Å²) in [6.07, 6.45) is 11.0. The lowest BCUT2D eigenvalue weighted by Gasteiger charge is -2.46. The van der Waals surface area contributed by atoms with Crippen LogP contribution in [0.25, 0.3) is 17.2 Å². The number of halogens is 1. The summed E-state index contributed by atoms with van der Waals surface area (Å²) in [6, 6.07) is 11.1. The lowest BCUT2D eigenvalue weighted by atomic mass is 9.73. The summed E-state index contributed by atoms with van der Waals surface area (Å²) in [4.78, 5) is 21.6. The van der Waals surface area contributed by atoms with Crippen LogP contribution in [0.2, 0.25) is 0 Å². The molecule has 7 heteroatoms. The molecule has 2 aromatic carbocycles. The Morgan fingerprint density at radius 2 is 1.69 bits per heavy atom. The Morgan fingerprint density at radius 1 is 1.08 bits per heavy atom. The van der Waals surface area contributed by atoms with Crippen LogP contribution in [0.1, 0.15) is 115 Å². The number of piperidine rings is 1. The molecule has 0 saturated carbocycles. The zero-order valence-electron chi connectivity index (χ0n) is 31.2. The van der Waals surface area contributed by atoms with E-state index in [0.29, 0.717) is 16.5 Å². The van der Waals surface area contributed by atoms with Crippen molar-refractivity contribution in [2.45, 2.75) is 119 Å². The molecule has 3 aromatic rings. The van der Waals surface area contributed by atoms with E-state index in [1.165, 1.54) is 38.8 Å². The first-order chi connectivity index (χ1) is 22.7. The normalized spacial score (nSPS) is 16.3. The fourth-order valence-electron chi connectivity index (χ4n) is 7.11. The van der Waals surface area contributed by atoms with Gasteiger partial charge in [-0.3, -0.25) is 14.6 Å². The summed E-state index contributed by atoms with van der Waals surface area (Å²) < 4.78 is 17.4. The van der Waals surface area contributed by atoms with Gasteiger partial charge in [0.15, 0.2) is 5.78 Å². The minimum atomic E-state index is -0.497. The molecule has 1 unspecified atom stereocenters. The molecule has 0 spiro atoms. The Hall–Kier alpha value is -3.13. The van der Waals surface area contributed by atoms with Gasteiger partial charge in [0.05, 0.1) is 12.0 Å². The first-order valence-electron chi connectivity index (χ1n) is 17.9. The second kappa shape index (κ2) is 17.5. The van der Waals surface area contributed by atoms with E-state index in [4.69, 9.17) is 5.11 Å². The maximum absolute atomic E-state index is 15.3. The summed E-state index contributed by atoms with van der Waals surface area (Å²) in [5, 5.41) is 7.57. The zero-order valence-corrected chi connectivity index (χ0v) is 31.2. The van der Waals surface area contributed by atoms with E-state index in [9.17, 15) is 4.79 Å². The number of imidazole rings is 1. The van der Waals surface area contributed by atoms with Gasteiger partial charge in [0.1, 0.15) is 11.9 Å². The van der Waals surface area contributed by atoms with Crippen LogP contribution in [0.3, 0.4) is 0 Å². The van der Waals surface area contributed by atoms with Gasteiger partial charge in [-0.2, -0.15) is 0 Å². The molecule has 48 heavy (non-hydrogen) atoms. The van der Waals surface area contributed by atoms with Gasteiger partial charge in [0, 0.05) is 36.5 Å². The topological polar surface area (TPSA) is 61.6 Å². The second-order valence-corrected chi connectivity index (χ2v) is 14.6. The van der Waals surface area contributed by atoms with E-state index < -0.39 is 6.04 Å². The third-order valence-electron chi connectivity index (χ3n) is 10.4. The van der Waals surface area contributed by atoms with Crippen LogP contribution < -0.4 is 0 Å². The molecular weight excluding hydrogens is 599 g/mol. The molecule has 6 nitrogen and oxygen atoms in total. The summed E-state index contributed by atoms with van der Waals surface area (Å²) >= 11 is 0. The van der Waals surface area contributed by atoms with E-state index >= 15 is 4.39 Å². The number of benzene rings is 2. The van der Waals surface area contributed by atoms with Gasteiger partial charge in [-0.05, 0) is 122 Å². The van der Waals surface area contributed by atoms with Crippen LogP contribution in [-0.2, 0) is 24.3 Å². The molecule has 1 aromatic heterocycles. The number of rotatable bonds is 9. The average Bonchev–Trinajstić information content (AvgIpc) is 3.68. The molecule has 1 saturated heterocycles. The number of carbonyl (C=O) groups is 1. The average molecular weight is 661 g/mol. The number of nitrogens with zero attached hydrogens (tertiary/aromatic N) is 4. The highest BCUT2D eigenvalue weighted by Gasteiger charge is 2.34. The fourth-order valence-corrected chi connectivity index (χ4v) is 7.11. The fraction of sp³-hybridized carbons (Fsp3) is 0.561. The molecule has 1 fully saturated rings. The predicted octanol–water partition coefficient (Wildman–Crippen LogP) is 9.03. The molecule has 1 N–H and O–H groups in total. The van der Waals surface area contributed by atoms with Gasteiger partial charge in [-0.1, -0.05) is 69.2 Å². The van der Waals surface area contributed by atoms with Crippen molar-refractivity contribution in [2.75, 3.05) is 26.7 Å². The third-order valence-corrected chi connectivity index (χ3v) is 10.4. The standard InChI is InChI=1S/C26H28FN3O.C13H27N.C2H6O/c1-5-19-13-21(20-10-8-17(2)9-11-20)14-23(27)22(19)15-29(4)26(18(3)31)25-24-7-6-12-30(24)16-28-25;1-6-13(7-2)8-10-14(11-9-13)12(3,4)5;1-2-3/h5,8-11,13-14,16,26H,1,6-7,12,15H2,2-4H3;6-11H2,1-5H3;3H,2H2,1H3. The van der Waals surface area contributed by atoms with E-state index in [1.807, 2.05) is 55.5 Å². The maximum Gasteiger partial charge on any atom is 0.153 e. The van der Waals surface area contributed by atoms with Gasteiger partial charge in [-0.15, -0.1) is 0 Å². The SMILES string of the molecule is C=Cc1cc(-c2ccc(C)cc2)cc(F)c1CN(C)C(C(C)=O)c1ncn2c1CCC2.CCC1(CC)CCN(C(C)(C)C)CC1.CCO. The van der Waals surface area contributed by atoms with E-state index in [2.05, 4.69) is 55.6 Å². The summed E-state index contributed by atoms with van der Waals surface area (Å²) in [5.74, 6) is -0.287. The number of aliphatic hydroxyl groups is 1. The van der Waals surface area contributed by atoms with Crippen LogP contribution in [0.4, 0.5) is 4.39 Å². The highest BCUT2D eigenvalue weighted by atomic mass is 19.1. The van der Waals surface area contributed by atoms with Crippen molar-refractivity contribution in [3.05, 3.63) is 83.2 Å². The lowest BCUT2D eigenvalue weighted by Crippen LogP contribution is -2.48. The Kier molecular flexibility index (Phi) is 14.3. The number of hydrogen-bond acceptors (Lipinski definition) is 5. The Labute approximate surface area is 290 Å². The molecule has 2 aliphatic rings. The van der Waals surface area contributed by atoms with Crippen molar-refractivity contribution in [3.8, 4) is 11.1 Å². The van der Waals surface area contributed by atoms with E-state index in [0.717, 1.165) is 53.0 Å². The minimum Gasteiger partial charge on any atom is -0.397 e. The monoisotopic (exact) mass is 660 g/mol. The molecule has 264 valence electrons. The minimum absolute atomic E-state index is 0.00716. The smallest absolute Gasteiger partial charge is 0.153 e. The van der Waals surface area contributed by atoms with E-state index in [1.54, 1.807) is 26.0 Å². The maximum atomic E-state index is 15.3. The molecule has 5 rings (SSSR count). The number of hydrogen-bond donors (Lipinski definition) is 1. The van der Waals surface area contributed by atoms with Crippen LogP contribution in [0.5, 0.6) is 0 Å². The molecule has 0 radical (unpaired) electrons. The van der Waals surface area contributed by atoms with Crippen molar-refractivity contribution in [2.24, 2.45) is 5.41 Å². The number of carbonyl (C=O) groups excluding carboxylic acids is 1. The lowest BCUT2D eigenvalue weighted by molar-refractivity contribution is -0.122. The number of aliphatic hydroxyl groups excluding tert-OH is 1. The Balaban J connectivity index is 0.000000307. The van der Waals surface area contributed by atoms with Gasteiger partial charge in [0.25, 0.3) is 0 Å². The number of aromatic nitrogens is 2. The van der Waals surface area contributed by atoms with Gasteiger partial charge in [0.2, 0.25) is 0 Å². The zero-order chi connectivity index (χ0) is 35.6. The summed E-state index contributed by atoms with van der Waals surface area (Å²) in [5.41, 5.74) is 7.16. The predicted molar refractivity (Wildman–Crippen MR) is 198 cm³/mol. The van der Waals surface area contributed by atoms with Crippen molar-refractivity contribution in [1.29, 1.82) is 0 Å². The number of fused-ring (bicyclic) bond motifs is 1.